The molecule has 1 heterocycles. The number of hydrogen-bond donors (Lipinski definition) is 0. The minimum Gasteiger partial charge on any atom is -0.256 e. The Bertz CT molecular complexity index is 721. The lowest BCUT2D eigenvalue weighted by Crippen LogP contribution is -1.96. The molecule has 1 heteroatoms. The second-order valence-electron chi connectivity index (χ2n) is 4.79. The van der Waals surface area contributed by atoms with Crippen LogP contribution in [-0.4, -0.2) is 4.98 Å². The Kier molecular flexibility index (Phi) is 3.26. The van der Waals surface area contributed by atoms with E-state index in [0.717, 1.165) is 22.4 Å². The number of rotatable bonds is 3. The van der Waals surface area contributed by atoms with Crippen LogP contribution in [0.4, 0.5) is 0 Å². The minimum absolute atomic E-state index is 0.772. The van der Waals surface area contributed by atoms with Crippen molar-refractivity contribution < 1.29 is 1.37 Å². The van der Waals surface area contributed by atoms with Crippen LogP contribution >= 0.6 is 0 Å². The van der Waals surface area contributed by atoms with Crippen LogP contribution in [0.5, 0.6) is 0 Å². The molecular formula is C19H17N. The lowest BCUT2D eigenvalue weighted by Gasteiger charge is -2.13. The largest absolute Gasteiger partial charge is 0.256 e. The lowest BCUT2D eigenvalue weighted by atomic mass is 9.92. The molecule has 0 fully saturated rings. The molecule has 1 atom stereocenters. The van der Waals surface area contributed by atoms with Crippen LogP contribution in [0.1, 0.15) is 25.3 Å². The predicted molar refractivity (Wildman–Crippen MR) is 83.6 cm³/mol. The maximum absolute atomic E-state index is 8.75. The zero-order valence-corrected chi connectivity index (χ0v) is 11.5. The highest BCUT2D eigenvalue weighted by Gasteiger charge is 2.09. The molecule has 98 valence electrons. The Morgan fingerprint density at radius 1 is 0.850 bits per heavy atom. The highest BCUT2D eigenvalue weighted by Crippen LogP contribution is 2.27. The molecule has 0 N–H and O–H groups in total. The van der Waals surface area contributed by atoms with Crippen LogP contribution in [0, 0.1) is 0 Å². The van der Waals surface area contributed by atoms with Gasteiger partial charge in [0.25, 0.3) is 0 Å². The summed E-state index contributed by atoms with van der Waals surface area (Å²) in [6.07, 6.45) is 1.79. The van der Waals surface area contributed by atoms with Crippen molar-refractivity contribution >= 4 is 0 Å². The smallest absolute Gasteiger partial charge is 0.0702 e. The van der Waals surface area contributed by atoms with Gasteiger partial charge >= 0.3 is 0 Å². The summed E-state index contributed by atoms with van der Waals surface area (Å²) in [5.74, 6) is -0.772. The lowest BCUT2D eigenvalue weighted by molar-refractivity contribution is 0.923. The molecule has 20 heavy (non-hydrogen) atoms. The number of aromatic nitrogens is 1. The average molecular weight is 260 g/mol. The van der Waals surface area contributed by atoms with Gasteiger partial charge in [0.1, 0.15) is 0 Å². The highest BCUT2D eigenvalue weighted by molar-refractivity contribution is 5.60. The first kappa shape index (κ1) is 11.4. The van der Waals surface area contributed by atoms with Crippen LogP contribution < -0.4 is 0 Å². The second kappa shape index (κ2) is 5.70. The summed E-state index contributed by atoms with van der Waals surface area (Å²) in [6.45, 7) is 1.93. The van der Waals surface area contributed by atoms with Gasteiger partial charge in [-0.2, -0.15) is 0 Å². The van der Waals surface area contributed by atoms with E-state index in [-0.39, 0.29) is 0 Å². The Morgan fingerprint density at radius 2 is 1.60 bits per heavy atom. The van der Waals surface area contributed by atoms with Gasteiger partial charge in [-0.05, 0) is 29.3 Å². The number of hydrogen-bond acceptors (Lipinski definition) is 1. The Balaban J connectivity index is 2.04. The fourth-order valence-electron chi connectivity index (χ4n) is 2.30. The van der Waals surface area contributed by atoms with Crippen molar-refractivity contribution in [2.75, 3.05) is 0 Å². The Morgan fingerprint density at radius 3 is 2.35 bits per heavy atom. The van der Waals surface area contributed by atoms with E-state index in [1.54, 1.807) is 6.20 Å². The van der Waals surface area contributed by atoms with Gasteiger partial charge in [-0.3, -0.25) is 4.98 Å². The molecule has 0 spiro atoms. The second-order valence-corrected chi connectivity index (χ2v) is 4.79. The predicted octanol–water partition coefficient (Wildman–Crippen LogP) is 4.90. The zero-order valence-electron chi connectivity index (χ0n) is 12.5. The van der Waals surface area contributed by atoms with Crippen LogP contribution in [0.3, 0.4) is 0 Å². The minimum atomic E-state index is -0.772. The van der Waals surface area contributed by atoms with Crippen LogP contribution in [0.25, 0.3) is 11.3 Å². The first-order chi connectivity index (χ1) is 10.2. The van der Waals surface area contributed by atoms with E-state index in [9.17, 15) is 0 Å². The fraction of sp³-hybridized carbons (Fsp3) is 0.105. The van der Waals surface area contributed by atoms with Crippen molar-refractivity contribution in [2.24, 2.45) is 0 Å². The molecule has 0 aliphatic heterocycles. The summed E-state index contributed by atoms with van der Waals surface area (Å²) in [6, 6.07) is 23.9. The van der Waals surface area contributed by atoms with E-state index in [2.05, 4.69) is 11.1 Å². The summed E-state index contributed by atoms with van der Waals surface area (Å²) in [7, 11) is 0. The first-order valence-electron chi connectivity index (χ1n) is 7.25. The molecule has 3 aromatic rings. The Hall–Kier alpha value is -2.41. The summed E-state index contributed by atoms with van der Waals surface area (Å²) < 4.78 is 8.75. The molecule has 0 aliphatic rings. The average Bonchev–Trinajstić information content (AvgIpc) is 2.57. The number of benzene rings is 2. The summed E-state index contributed by atoms with van der Waals surface area (Å²) in [5.41, 5.74) is 3.94. The van der Waals surface area contributed by atoms with Gasteiger partial charge in [0, 0.05) is 19.0 Å². The third-order valence-corrected chi connectivity index (χ3v) is 3.46. The maximum atomic E-state index is 8.75. The summed E-state index contributed by atoms with van der Waals surface area (Å²) >= 11 is 0. The van der Waals surface area contributed by atoms with Crippen molar-refractivity contribution in [3.05, 3.63) is 90.1 Å². The number of pyridine rings is 1. The Labute approximate surface area is 121 Å². The third kappa shape index (κ3) is 2.62. The molecule has 0 radical (unpaired) electrons. The van der Waals surface area contributed by atoms with Gasteiger partial charge in [-0.25, -0.2) is 0 Å². The molecule has 1 unspecified atom stereocenters. The van der Waals surface area contributed by atoms with Crippen molar-refractivity contribution in [1.29, 1.82) is 0 Å². The monoisotopic (exact) mass is 260 g/mol. The molecule has 0 saturated heterocycles. The van der Waals surface area contributed by atoms with Gasteiger partial charge < -0.3 is 0 Å². The van der Waals surface area contributed by atoms with Gasteiger partial charge in [0.05, 0.1) is 5.69 Å². The molecular weight excluding hydrogens is 242 g/mol. The van der Waals surface area contributed by atoms with Gasteiger partial charge in [0.2, 0.25) is 0 Å². The van der Waals surface area contributed by atoms with Crippen LogP contribution in [0.2, 0.25) is 0 Å². The van der Waals surface area contributed by atoms with E-state index < -0.39 is 5.89 Å². The van der Waals surface area contributed by atoms with Gasteiger partial charge in [-0.15, -0.1) is 0 Å². The van der Waals surface area contributed by atoms with Crippen LogP contribution in [0.15, 0.2) is 79.0 Å². The molecule has 0 saturated carbocycles. The van der Waals surface area contributed by atoms with Crippen LogP contribution in [-0.2, 0) is 0 Å². The third-order valence-electron chi connectivity index (χ3n) is 3.46. The molecule has 3 rings (SSSR count). The highest BCUT2D eigenvalue weighted by atomic mass is 14.7. The van der Waals surface area contributed by atoms with E-state index in [4.69, 9.17) is 1.37 Å². The standard InChI is InChI=1S/C19H17N/c1-15(16-8-3-2-4-9-16)17-10-7-11-18(14-17)19-12-5-6-13-20-19/h2-15H,1H3/i15D. The van der Waals surface area contributed by atoms with Crippen molar-refractivity contribution in [2.45, 2.75) is 12.8 Å². The molecule has 0 bridgehead atoms. The molecule has 2 aromatic carbocycles. The van der Waals surface area contributed by atoms with Crippen molar-refractivity contribution in [3.63, 3.8) is 0 Å². The molecule has 1 aromatic heterocycles. The zero-order chi connectivity index (χ0) is 14.7. The van der Waals surface area contributed by atoms with Gasteiger partial charge in [-0.1, -0.05) is 61.5 Å². The maximum Gasteiger partial charge on any atom is 0.0702 e. The molecule has 1 nitrogen and oxygen atoms in total. The van der Waals surface area contributed by atoms with Gasteiger partial charge in [0.15, 0.2) is 0 Å². The van der Waals surface area contributed by atoms with E-state index in [0.29, 0.717) is 0 Å². The fourth-order valence-corrected chi connectivity index (χ4v) is 2.30. The quantitative estimate of drug-likeness (QED) is 0.652. The normalized spacial score (nSPS) is 14.3. The molecule has 0 amide bonds. The van der Waals surface area contributed by atoms with E-state index >= 15 is 0 Å². The summed E-state index contributed by atoms with van der Waals surface area (Å²) in [5, 5.41) is 0. The van der Waals surface area contributed by atoms with Crippen molar-refractivity contribution in [1.82, 2.24) is 4.98 Å². The SMILES string of the molecule is [2H]C(C)(c1ccccc1)c1cccc(-c2ccccn2)c1. The van der Waals surface area contributed by atoms with Crippen molar-refractivity contribution in [3.8, 4) is 11.3 Å². The van der Waals surface area contributed by atoms with E-state index in [1.807, 2.05) is 73.7 Å². The first-order valence-corrected chi connectivity index (χ1v) is 6.75. The topological polar surface area (TPSA) is 12.9 Å². The van der Waals surface area contributed by atoms with E-state index in [1.165, 1.54) is 0 Å². The molecule has 0 aliphatic carbocycles. The summed E-state index contributed by atoms with van der Waals surface area (Å²) in [4.78, 5) is 4.38. The number of nitrogens with zero attached hydrogens (tertiary/aromatic N) is 1.